The number of hydrogen-bond acceptors (Lipinski definition) is 2. The van der Waals surface area contributed by atoms with Crippen LogP contribution in [-0.2, 0) is 0 Å². The lowest BCUT2D eigenvalue weighted by Gasteiger charge is -2.17. The highest BCUT2D eigenvalue weighted by Gasteiger charge is 2.14. The van der Waals surface area contributed by atoms with Crippen molar-refractivity contribution in [2.24, 2.45) is 0 Å². The van der Waals surface area contributed by atoms with Gasteiger partial charge in [-0.25, -0.2) is 0 Å². The van der Waals surface area contributed by atoms with E-state index < -0.39 is 0 Å². The molecule has 96 valence electrons. The maximum absolute atomic E-state index is 8.99. The van der Waals surface area contributed by atoms with Crippen molar-refractivity contribution in [3.63, 3.8) is 0 Å². The van der Waals surface area contributed by atoms with Gasteiger partial charge in [-0.2, -0.15) is 0 Å². The van der Waals surface area contributed by atoms with Crippen molar-refractivity contribution in [2.75, 3.05) is 19.7 Å². The molecule has 3 N–H and O–H groups in total. The Labute approximate surface area is 113 Å². The first-order valence-electron chi connectivity index (χ1n) is 6.09. The van der Waals surface area contributed by atoms with Crippen LogP contribution in [0, 0.1) is 0 Å². The van der Waals surface area contributed by atoms with Gasteiger partial charge in [0.05, 0.1) is 13.1 Å². The molecule has 0 saturated carbocycles. The Morgan fingerprint density at radius 1 is 1.35 bits per heavy atom. The van der Waals surface area contributed by atoms with E-state index in [2.05, 4.69) is 22.8 Å². The van der Waals surface area contributed by atoms with E-state index in [0.717, 1.165) is 12.8 Å². The summed E-state index contributed by atoms with van der Waals surface area (Å²) in [5.41, 5.74) is 3.13. The minimum Gasteiger partial charge on any atom is -1.00 e. The lowest BCUT2D eigenvalue weighted by atomic mass is 9.95. The fraction of sp³-hybridized carbons (Fsp3) is 0.538. The van der Waals surface area contributed by atoms with Crippen molar-refractivity contribution in [3.05, 3.63) is 28.0 Å². The van der Waals surface area contributed by atoms with Crippen LogP contribution in [0.5, 0.6) is 0 Å². The predicted octanol–water partition coefficient (Wildman–Crippen LogP) is -1.36. The SMILES string of the molecule is OCCCC(=C1CC[NH2+]CC1)c1cccs1.[Cl-]. The first-order valence-corrected chi connectivity index (χ1v) is 6.97. The molecular formula is C13H20ClNOS. The van der Waals surface area contributed by atoms with Gasteiger partial charge in [0.15, 0.2) is 0 Å². The molecule has 1 aromatic heterocycles. The van der Waals surface area contributed by atoms with E-state index in [4.69, 9.17) is 5.11 Å². The molecular weight excluding hydrogens is 254 g/mol. The largest absolute Gasteiger partial charge is 1.00 e. The Morgan fingerprint density at radius 2 is 2.12 bits per heavy atom. The van der Waals surface area contributed by atoms with Gasteiger partial charge < -0.3 is 22.8 Å². The number of hydrogen-bond donors (Lipinski definition) is 2. The van der Waals surface area contributed by atoms with E-state index in [1.54, 1.807) is 5.57 Å². The number of aliphatic hydroxyl groups is 1. The highest BCUT2D eigenvalue weighted by atomic mass is 35.5. The third-order valence-corrected chi connectivity index (χ3v) is 4.06. The highest BCUT2D eigenvalue weighted by Crippen LogP contribution is 2.30. The monoisotopic (exact) mass is 273 g/mol. The van der Waals surface area contributed by atoms with Gasteiger partial charge in [-0.3, -0.25) is 0 Å². The van der Waals surface area contributed by atoms with Crippen LogP contribution in [0.4, 0.5) is 0 Å². The van der Waals surface area contributed by atoms with E-state index in [0.29, 0.717) is 6.61 Å². The minimum atomic E-state index is 0. The smallest absolute Gasteiger partial charge is 0.0793 e. The van der Waals surface area contributed by atoms with E-state index in [1.165, 1.54) is 36.4 Å². The van der Waals surface area contributed by atoms with Gasteiger partial charge in [0.1, 0.15) is 0 Å². The summed E-state index contributed by atoms with van der Waals surface area (Å²) in [4.78, 5) is 1.41. The number of allylic oxidation sites excluding steroid dienone is 1. The van der Waals surface area contributed by atoms with Crippen molar-refractivity contribution in [1.29, 1.82) is 0 Å². The van der Waals surface area contributed by atoms with E-state index in [9.17, 15) is 0 Å². The Bertz CT molecular complexity index is 340. The second-order valence-electron chi connectivity index (χ2n) is 4.25. The molecule has 1 aliphatic heterocycles. The third kappa shape index (κ3) is 4.11. The maximum atomic E-state index is 8.99. The zero-order chi connectivity index (χ0) is 11.2. The van der Waals surface area contributed by atoms with Gasteiger partial charge in [-0.05, 0) is 29.9 Å². The van der Waals surface area contributed by atoms with Crippen LogP contribution in [0.2, 0.25) is 0 Å². The summed E-state index contributed by atoms with van der Waals surface area (Å²) < 4.78 is 0. The van der Waals surface area contributed by atoms with Crippen molar-refractivity contribution in [3.8, 4) is 0 Å². The Morgan fingerprint density at radius 3 is 2.71 bits per heavy atom. The van der Waals surface area contributed by atoms with Gasteiger partial charge in [0.2, 0.25) is 0 Å². The van der Waals surface area contributed by atoms with Gasteiger partial charge >= 0.3 is 0 Å². The summed E-state index contributed by atoms with van der Waals surface area (Å²) in [5.74, 6) is 0. The average Bonchev–Trinajstić information content (AvgIpc) is 2.85. The molecule has 0 radical (unpaired) electrons. The van der Waals surface area contributed by atoms with Crippen LogP contribution in [0.3, 0.4) is 0 Å². The number of nitrogens with two attached hydrogens (primary N) is 1. The molecule has 2 nitrogen and oxygen atoms in total. The van der Waals surface area contributed by atoms with Crippen LogP contribution in [-0.4, -0.2) is 24.8 Å². The standard InChI is InChI=1S/C13H19NOS.ClH/c15-9-1-3-12(13-4-2-10-16-13)11-5-7-14-8-6-11;/h2,4,10,14-15H,1,3,5-9H2;1H. The molecule has 1 fully saturated rings. The summed E-state index contributed by atoms with van der Waals surface area (Å²) in [6, 6.07) is 4.33. The lowest BCUT2D eigenvalue weighted by Crippen LogP contribution is -3.00. The summed E-state index contributed by atoms with van der Waals surface area (Å²) in [6.07, 6.45) is 4.37. The molecule has 0 atom stereocenters. The number of aliphatic hydroxyl groups excluding tert-OH is 1. The Hall–Kier alpha value is -0.350. The number of piperidine rings is 1. The number of thiophene rings is 1. The molecule has 1 aliphatic rings. The highest BCUT2D eigenvalue weighted by molar-refractivity contribution is 7.11. The second kappa shape index (κ2) is 7.88. The molecule has 4 heteroatoms. The fourth-order valence-corrected chi connectivity index (χ4v) is 3.15. The van der Waals surface area contributed by atoms with Crippen molar-refractivity contribution in [1.82, 2.24) is 0 Å². The molecule has 2 heterocycles. The van der Waals surface area contributed by atoms with Crippen LogP contribution < -0.4 is 17.7 Å². The average molecular weight is 274 g/mol. The zero-order valence-electron chi connectivity index (χ0n) is 9.99. The molecule has 0 aromatic carbocycles. The van der Waals surface area contributed by atoms with Crippen molar-refractivity contribution >= 4 is 16.9 Å². The van der Waals surface area contributed by atoms with Crippen LogP contribution in [0.15, 0.2) is 23.1 Å². The first-order chi connectivity index (χ1) is 7.92. The van der Waals surface area contributed by atoms with Crippen LogP contribution in [0.1, 0.15) is 30.6 Å². The summed E-state index contributed by atoms with van der Waals surface area (Å²) >= 11 is 1.83. The molecule has 0 amide bonds. The molecule has 0 aliphatic carbocycles. The van der Waals surface area contributed by atoms with Crippen molar-refractivity contribution < 1.29 is 22.8 Å². The number of quaternary nitrogens is 1. The third-order valence-electron chi connectivity index (χ3n) is 3.13. The molecule has 0 spiro atoms. The lowest BCUT2D eigenvalue weighted by molar-refractivity contribution is -0.658. The molecule has 0 bridgehead atoms. The molecule has 2 rings (SSSR count). The van der Waals surface area contributed by atoms with E-state index in [-0.39, 0.29) is 12.4 Å². The Kier molecular flexibility index (Phi) is 6.82. The predicted molar refractivity (Wildman–Crippen MR) is 68.5 cm³/mol. The minimum absolute atomic E-state index is 0. The van der Waals surface area contributed by atoms with Gasteiger partial charge in [-0.1, -0.05) is 11.6 Å². The number of halogens is 1. The van der Waals surface area contributed by atoms with Crippen molar-refractivity contribution in [2.45, 2.75) is 25.7 Å². The quantitative estimate of drug-likeness (QED) is 0.698. The fourth-order valence-electron chi connectivity index (χ4n) is 2.30. The van der Waals surface area contributed by atoms with Crippen LogP contribution in [0.25, 0.3) is 5.57 Å². The first kappa shape index (κ1) is 14.7. The molecule has 1 aromatic rings. The van der Waals surface area contributed by atoms with Gasteiger partial charge in [-0.15, -0.1) is 11.3 Å². The van der Waals surface area contributed by atoms with E-state index >= 15 is 0 Å². The van der Waals surface area contributed by atoms with Crippen LogP contribution >= 0.6 is 11.3 Å². The summed E-state index contributed by atoms with van der Waals surface area (Å²) in [6.45, 7) is 2.75. The molecule has 1 saturated heterocycles. The zero-order valence-corrected chi connectivity index (χ0v) is 11.6. The summed E-state index contributed by atoms with van der Waals surface area (Å²) in [5, 5.41) is 13.5. The van der Waals surface area contributed by atoms with Gasteiger partial charge in [0.25, 0.3) is 0 Å². The number of rotatable bonds is 4. The molecule has 0 unspecified atom stereocenters. The maximum Gasteiger partial charge on any atom is 0.0793 e. The normalized spacial score (nSPS) is 15.5. The topological polar surface area (TPSA) is 36.8 Å². The van der Waals surface area contributed by atoms with E-state index in [1.807, 2.05) is 11.3 Å². The molecule has 17 heavy (non-hydrogen) atoms. The summed E-state index contributed by atoms with van der Waals surface area (Å²) in [7, 11) is 0. The Balaban J connectivity index is 0.00000144. The van der Waals surface area contributed by atoms with Gasteiger partial charge in [0, 0.05) is 24.3 Å². The second-order valence-corrected chi connectivity index (χ2v) is 5.20.